The minimum absolute atomic E-state index is 0.0212. The van der Waals surface area contributed by atoms with Crippen LogP contribution in [0.15, 0.2) is 66.3 Å². The molecule has 102 heavy (non-hydrogen) atoms. The highest BCUT2D eigenvalue weighted by molar-refractivity contribution is 6.39. The van der Waals surface area contributed by atoms with Crippen LogP contribution in [-0.4, -0.2) is 196 Å². The number of hydrogen-bond acceptors (Lipinski definition) is 19. The number of nitrogens with zero attached hydrogens (tertiary/aromatic N) is 5. The van der Waals surface area contributed by atoms with Crippen molar-refractivity contribution >= 4 is 81.5 Å². The number of allylic oxidation sites excluding steroid dienone is 3. The number of ketones is 2. The number of cyclic esters (lactones) is 1. The molecule has 0 unspecified atom stereocenters. The molecule has 2 bridgehead atoms. The maximum absolute atomic E-state index is 15.7. The number of benzene rings is 2. The molecule has 1 aromatic heterocycles. The van der Waals surface area contributed by atoms with Crippen LogP contribution < -0.4 is 25.6 Å². The number of unbranched alkanes of at least 4 members (excludes halogenated alkanes) is 3. The first-order valence-corrected chi connectivity index (χ1v) is 37.2. The molecule has 5 aliphatic heterocycles. The number of ether oxygens (including phenoxy) is 4. The molecule has 9 rings (SSSR count). The fraction of sp³-hybridized carbons (Fsp3) is 0.623. The number of esters is 1. The van der Waals surface area contributed by atoms with Crippen molar-refractivity contribution in [1.29, 1.82) is 0 Å². The zero-order chi connectivity index (χ0) is 73.5. The van der Waals surface area contributed by atoms with Gasteiger partial charge in [0.15, 0.2) is 0 Å². The second-order valence-corrected chi connectivity index (χ2v) is 29.6. The van der Waals surface area contributed by atoms with Gasteiger partial charge in [-0.1, -0.05) is 88.6 Å². The molecular formula is C77H106ClFN8O15. The van der Waals surface area contributed by atoms with Gasteiger partial charge in [-0.25, -0.2) is 14.2 Å². The van der Waals surface area contributed by atoms with Crippen molar-refractivity contribution in [1.82, 2.24) is 30.4 Å². The molecule has 0 radical (unpaired) electrons. The number of halogens is 2. The zero-order valence-corrected chi connectivity index (χ0v) is 61.0. The van der Waals surface area contributed by atoms with Gasteiger partial charge in [0.1, 0.15) is 41.9 Å². The third kappa shape index (κ3) is 19.6. The number of methoxy groups -OCH3 is 1. The molecule has 3 saturated heterocycles. The van der Waals surface area contributed by atoms with Crippen LogP contribution in [0.3, 0.4) is 0 Å². The van der Waals surface area contributed by atoms with Crippen LogP contribution in [0, 0.1) is 41.3 Å². The van der Waals surface area contributed by atoms with Gasteiger partial charge in [0.05, 0.1) is 46.6 Å². The predicted octanol–water partition coefficient (Wildman–Crippen LogP) is 9.14. The van der Waals surface area contributed by atoms with Gasteiger partial charge in [-0.3, -0.25) is 28.8 Å². The van der Waals surface area contributed by atoms with Crippen molar-refractivity contribution < 1.29 is 77.3 Å². The number of carbonyl (C=O) groups excluding carboxylic acids is 7. The van der Waals surface area contributed by atoms with E-state index in [2.05, 4.69) is 27.4 Å². The van der Waals surface area contributed by atoms with Gasteiger partial charge in [0, 0.05) is 113 Å². The van der Waals surface area contributed by atoms with E-state index in [9.17, 15) is 54.0 Å². The summed E-state index contributed by atoms with van der Waals surface area (Å²) in [5, 5.41) is 56.4. The number of piperazine rings is 1. The Morgan fingerprint density at radius 3 is 2.29 bits per heavy atom. The Morgan fingerprint density at radius 2 is 1.58 bits per heavy atom. The molecule has 558 valence electrons. The Balaban J connectivity index is 0.788. The lowest BCUT2D eigenvalue weighted by Crippen LogP contribution is -2.63. The van der Waals surface area contributed by atoms with Gasteiger partial charge in [0.25, 0.3) is 11.7 Å². The number of nitrogens with one attached hydrogen (secondary N) is 3. The van der Waals surface area contributed by atoms with E-state index in [1.165, 1.54) is 12.1 Å². The Kier molecular flexibility index (Phi) is 28.2. The second-order valence-electron chi connectivity index (χ2n) is 29.2. The molecule has 25 heteroatoms. The molecule has 1 saturated carbocycles. The Morgan fingerprint density at radius 1 is 0.853 bits per heavy atom. The summed E-state index contributed by atoms with van der Waals surface area (Å²) in [6.45, 7) is 17.6. The van der Waals surface area contributed by atoms with Gasteiger partial charge in [-0.05, 0) is 151 Å². The SMILES string of the molecule is C=CC(=O)N1CCN(c2nc(NCCC(=O)NCCCCCCNC(=O)CCC[C@@H]3/C=C(\C)C[C@H](C)C[C@H](C)[C@H]4O[C@@](O)(C(=O)C(=O)N5CCCC[C@H]5C(=O)O[C@H](/C(C)=C/[C@@H]5CC[C@@H](O)[C@H](OC)C5)[C@H](C)[C@@H](O)CC3=O)[C@H](C)C[C@@H]4O)nc3c4c(c(Cl)cc23)-c2c(F)cccc2OC/C=C/4)CC1. The maximum atomic E-state index is 15.7. The third-order valence-corrected chi connectivity index (χ3v) is 21.7. The third-order valence-electron chi connectivity index (χ3n) is 21.4. The van der Waals surface area contributed by atoms with E-state index in [1.807, 2.05) is 45.1 Å². The zero-order valence-electron chi connectivity index (χ0n) is 60.3. The fourth-order valence-corrected chi connectivity index (χ4v) is 16.0. The molecule has 7 N–H and O–H groups in total. The van der Waals surface area contributed by atoms with Crippen LogP contribution in [0.1, 0.15) is 163 Å². The number of anilines is 2. The highest BCUT2D eigenvalue weighted by Crippen LogP contribution is 2.46. The highest BCUT2D eigenvalue weighted by Gasteiger charge is 2.56. The molecular weight excluding hydrogens is 1330 g/mol. The van der Waals surface area contributed by atoms with E-state index in [0.717, 1.165) is 23.3 Å². The molecule has 2 aromatic carbocycles. The quantitative estimate of drug-likeness (QED) is 0.0182. The molecule has 6 aliphatic rings. The minimum Gasteiger partial charge on any atom is -0.489 e. The first kappa shape index (κ1) is 78.9. The van der Waals surface area contributed by atoms with Gasteiger partial charge in [-0.15, -0.1) is 0 Å². The summed E-state index contributed by atoms with van der Waals surface area (Å²) in [5.74, 6) is -8.81. The molecule has 6 heterocycles. The summed E-state index contributed by atoms with van der Waals surface area (Å²) in [6, 6.07) is 5.15. The van der Waals surface area contributed by atoms with Crippen LogP contribution in [0.2, 0.25) is 5.02 Å². The number of Topliss-reactive ketones (excluding diaryl/α,β-unsaturated/α-hetero) is 2. The lowest BCUT2D eigenvalue weighted by atomic mass is 9.79. The van der Waals surface area contributed by atoms with E-state index in [0.29, 0.717) is 149 Å². The Labute approximate surface area is 603 Å². The topological polar surface area (TPSA) is 309 Å². The maximum Gasteiger partial charge on any atom is 0.329 e. The summed E-state index contributed by atoms with van der Waals surface area (Å²) in [4.78, 5) is 112. The van der Waals surface area contributed by atoms with Crippen LogP contribution in [0.4, 0.5) is 16.2 Å². The van der Waals surface area contributed by atoms with E-state index in [-0.39, 0.29) is 104 Å². The molecule has 1 aliphatic carbocycles. The molecule has 14 atom stereocenters. The monoisotopic (exact) mass is 1440 g/mol. The number of aromatic nitrogens is 2. The number of piperidine rings is 1. The normalized spacial score (nSPS) is 29.6. The van der Waals surface area contributed by atoms with E-state index in [4.69, 9.17) is 40.5 Å². The number of hydrogen-bond donors (Lipinski definition) is 7. The number of aliphatic hydroxyl groups is 4. The van der Waals surface area contributed by atoms with Crippen molar-refractivity contribution in [2.24, 2.45) is 35.5 Å². The van der Waals surface area contributed by atoms with Gasteiger partial charge < -0.3 is 70.0 Å². The Hall–Kier alpha value is -7.19. The number of aliphatic hydroxyl groups excluding tert-OH is 3. The Bertz CT molecular complexity index is 3600. The minimum atomic E-state index is -2.58. The summed E-state index contributed by atoms with van der Waals surface area (Å²) in [7, 11) is 1.54. The standard InChI is InChI=1S/C77H106ClFN8O15/c1-9-66(94)85-32-34-86(35-33-85)73-54-43-55(78)67-53(20-18-36-100-62-23-17-21-56(79)68(62)67)69(54)83-76(84-73)82-30-27-65(93)81-29-14-11-10-13-28-80-64(92)24-16-19-52-39-46(3)37-45(2)38-47(4)71-61(91)41-49(6)77(98,102-71)72(95)74(96)87-31-15-12-22-57(87)75(97)101-70(50(7)59(89)44-60(52)90)48(5)40-51-25-26-58(88)63(42-51)99-8/h9,17-18,20-21,23,39-40,43,45,47,49-52,57-59,61,63,70-71,88-89,91,98H,1,10-16,19,22,24-38,41-42,44H2,2-8H3,(H,80,92)(H,81,93)(H,82,83,84)/b20-18+,46-39+,48-40+/t45-,47-,49+,50+,51-,52+,57-,58+,59-,61-,63+,70+,71+,77+/m0/s1. The van der Waals surface area contributed by atoms with Crippen LogP contribution in [-0.2, 0) is 47.8 Å². The lowest BCUT2D eigenvalue weighted by molar-refractivity contribution is -0.292. The van der Waals surface area contributed by atoms with E-state index >= 15 is 4.39 Å². The number of amides is 4. The largest absolute Gasteiger partial charge is 0.489 e. The van der Waals surface area contributed by atoms with E-state index in [1.54, 1.807) is 51.0 Å². The lowest BCUT2D eigenvalue weighted by Gasteiger charge is -2.46. The molecule has 4 fully saturated rings. The molecule has 23 nitrogen and oxygen atoms in total. The number of rotatable bonds is 20. The van der Waals surface area contributed by atoms with Crippen LogP contribution in [0.25, 0.3) is 28.1 Å². The summed E-state index contributed by atoms with van der Waals surface area (Å²) in [5.41, 5.74) is 3.24. The molecule has 4 amide bonds. The van der Waals surface area contributed by atoms with Gasteiger partial charge >= 0.3 is 5.97 Å². The van der Waals surface area contributed by atoms with Crippen LogP contribution >= 0.6 is 11.6 Å². The van der Waals surface area contributed by atoms with Crippen molar-refractivity contribution in [3.8, 4) is 16.9 Å². The number of carbonyl (C=O) groups is 7. The van der Waals surface area contributed by atoms with E-state index < -0.39 is 95.6 Å². The van der Waals surface area contributed by atoms with Gasteiger partial charge in [0.2, 0.25) is 29.5 Å². The first-order valence-electron chi connectivity index (χ1n) is 36.8. The van der Waals surface area contributed by atoms with Gasteiger partial charge in [-0.2, -0.15) is 4.98 Å². The highest BCUT2D eigenvalue weighted by atomic mass is 35.5. The first-order chi connectivity index (χ1) is 48.8. The summed E-state index contributed by atoms with van der Waals surface area (Å²) >= 11 is 7.03. The van der Waals surface area contributed by atoms with Crippen molar-refractivity contribution in [2.75, 3.05) is 76.3 Å². The average Bonchev–Trinajstić information content (AvgIpc) is 0.754. The fourth-order valence-electron chi connectivity index (χ4n) is 15.7. The summed E-state index contributed by atoms with van der Waals surface area (Å²) < 4.78 is 39.7. The smallest absolute Gasteiger partial charge is 0.329 e. The van der Waals surface area contributed by atoms with Crippen molar-refractivity contribution in [2.45, 2.75) is 206 Å². The van der Waals surface area contributed by atoms with Crippen molar-refractivity contribution in [3.63, 3.8) is 0 Å². The second kappa shape index (κ2) is 36.5. The van der Waals surface area contributed by atoms with Crippen LogP contribution in [0.5, 0.6) is 5.75 Å². The average molecular weight is 1440 g/mol. The molecule has 0 spiro atoms. The molecule has 3 aromatic rings. The predicted molar refractivity (Wildman–Crippen MR) is 386 cm³/mol. The van der Waals surface area contributed by atoms with Crippen molar-refractivity contribution in [3.05, 3.63) is 82.7 Å². The number of fused-ring (bicyclic) bond motifs is 8. The summed E-state index contributed by atoms with van der Waals surface area (Å²) in [6.07, 6.45) is 10.7.